The van der Waals surface area contributed by atoms with Crippen molar-refractivity contribution in [2.45, 2.75) is 13.5 Å². The molecule has 0 aliphatic heterocycles. The fourth-order valence-corrected chi connectivity index (χ4v) is 3.59. The molecule has 0 heterocycles. The van der Waals surface area contributed by atoms with Gasteiger partial charge in [0.25, 0.3) is 5.69 Å². The van der Waals surface area contributed by atoms with Gasteiger partial charge in [0.2, 0.25) is 15.9 Å². The molecule has 0 atom stereocenters. The van der Waals surface area contributed by atoms with Crippen LogP contribution < -0.4 is 9.62 Å². The zero-order valence-corrected chi connectivity index (χ0v) is 16.2. The van der Waals surface area contributed by atoms with E-state index in [0.29, 0.717) is 10.6 Å². The number of rotatable bonds is 7. The number of nitrogens with zero attached hydrogens (tertiary/aromatic N) is 2. The second kappa shape index (κ2) is 8.36. The van der Waals surface area contributed by atoms with Crippen LogP contribution in [0.4, 0.5) is 11.4 Å². The van der Waals surface area contributed by atoms with Gasteiger partial charge in [0.05, 0.1) is 22.4 Å². The first-order chi connectivity index (χ1) is 12.6. The van der Waals surface area contributed by atoms with Crippen LogP contribution in [-0.4, -0.2) is 32.0 Å². The summed E-state index contributed by atoms with van der Waals surface area (Å²) in [5, 5.41) is 14.2. The lowest BCUT2D eigenvalue weighted by Crippen LogP contribution is -2.40. The Morgan fingerprint density at radius 3 is 2.48 bits per heavy atom. The zero-order valence-electron chi connectivity index (χ0n) is 14.7. The Balaban J connectivity index is 2.24. The number of amides is 1. The fourth-order valence-electron chi connectivity index (χ4n) is 2.48. The second-order valence-electron chi connectivity index (χ2n) is 5.82. The third-order valence-corrected chi connectivity index (χ3v) is 5.36. The Kier molecular flexibility index (Phi) is 6.40. The molecular weight excluding hydrogens is 394 g/mol. The van der Waals surface area contributed by atoms with E-state index in [-0.39, 0.29) is 23.5 Å². The van der Waals surface area contributed by atoms with Crippen LogP contribution in [0.15, 0.2) is 42.5 Å². The van der Waals surface area contributed by atoms with Crippen LogP contribution in [0.25, 0.3) is 0 Å². The van der Waals surface area contributed by atoms with Crippen molar-refractivity contribution in [3.63, 3.8) is 0 Å². The summed E-state index contributed by atoms with van der Waals surface area (Å²) in [4.78, 5) is 22.8. The average molecular weight is 412 g/mol. The molecule has 8 nitrogen and oxygen atoms in total. The third kappa shape index (κ3) is 5.18. The predicted octanol–water partition coefficient (Wildman–Crippen LogP) is 2.64. The largest absolute Gasteiger partial charge is 0.350 e. The number of nitro groups is 1. The molecule has 0 aromatic heterocycles. The molecule has 0 aliphatic carbocycles. The molecule has 0 aliphatic rings. The van der Waals surface area contributed by atoms with Crippen LogP contribution in [0.5, 0.6) is 0 Å². The summed E-state index contributed by atoms with van der Waals surface area (Å²) in [6, 6.07) is 11.0. The summed E-state index contributed by atoms with van der Waals surface area (Å²) in [7, 11) is -3.85. The zero-order chi connectivity index (χ0) is 20.2. The van der Waals surface area contributed by atoms with Crippen LogP contribution >= 0.6 is 11.6 Å². The van der Waals surface area contributed by atoms with Gasteiger partial charge in [-0.05, 0) is 24.6 Å². The highest BCUT2D eigenvalue weighted by Gasteiger charge is 2.25. The van der Waals surface area contributed by atoms with Crippen molar-refractivity contribution in [3.8, 4) is 0 Å². The Hall–Kier alpha value is -2.65. The van der Waals surface area contributed by atoms with E-state index in [1.165, 1.54) is 25.1 Å². The van der Waals surface area contributed by atoms with Crippen molar-refractivity contribution < 1.29 is 18.1 Å². The number of hydrogen-bond donors (Lipinski definition) is 1. The predicted molar refractivity (Wildman–Crippen MR) is 103 cm³/mol. The monoisotopic (exact) mass is 411 g/mol. The summed E-state index contributed by atoms with van der Waals surface area (Å²) in [6.45, 7) is 1.06. The van der Waals surface area contributed by atoms with Crippen LogP contribution in [0.1, 0.15) is 11.1 Å². The number of benzene rings is 2. The maximum atomic E-state index is 12.3. The van der Waals surface area contributed by atoms with E-state index in [2.05, 4.69) is 5.32 Å². The van der Waals surface area contributed by atoms with Gasteiger partial charge in [0.1, 0.15) is 6.54 Å². The minimum Gasteiger partial charge on any atom is -0.350 e. The summed E-state index contributed by atoms with van der Waals surface area (Å²) in [6.07, 6.45) is 0.937. The molecule has 0 spiro atoms. The number of nitrogens with one attached hydrogen (secondary N) is 1. The van der Waals surface area contributed by atoms with E-state index in [1.54, 1.807) is 24.3 Å². The SMILES string of the molecule is Cc1c(N(CC(=O)NCc2ccccc2Cl)S(C)(=O)=O)cccc1[N+](=O)[O-]. The van der Waals surface area contributed by atoms with Gasteiger partial charge in [-0.15, -0.1) is 0 Å². The average Bonchev–Trinajstić information content (AvgIpc) is 2.58. The van der Waals surface area contributed by atoms with E-state index in [0.717, 1.165) is 10.6 Å². The van der Waals surface area contributed by atoms with Crippen molar-refractivity contribution in [2.24, 2.45) is 0 Å². The number of halogens is 1. The van der Waals surface area contributed by atoms with E-state index in [9.17, 15) is 23.3 Å². The van der Waals surface area contributed by atoms with Gasteiger partial charge in [0.15, 0.2) is 0 Å². The Labute approximate surface area is 162 Å². The molecule has 10 heteroatoms. The molecule has 144 valence electrons. The van der Waals surface area contributed by atoms with Crippen molar-refractivity contribution in [2.75, 3.05) is 17.1 Å². The maximum Gasteiger partial charge on any atom is 0.274 e. The lowest BCUT2D eigenvalue weighted by molar-refractivity contribution is -0.385. The van der Waals surface area contributed by atoms with Gasteiger partial charge in [-0.2, -0.15) is 0 Å². The molecule has 0 fully saturated rings. The molecular formula is C17H18ClN3O5S. The molecule has 0 unspecified atom stereocenters. The molecule has 1 N–H and O–H groups in total. The number of carbonyl (C=O) groups is 1. The lowest BCUT2D eigenvalue weighted by atomic mass is 10.1. The summed E-state index contributed by atoms with van der Waals surface area (Å²) >= 11 is 6.03. The first kappa shape index (κ1) is 20.7. The first-order valence-corrected chi connectivity index (χ1v) is 10.1. The molecule has 2 aromatic rings. The molecule has 0 saturated heterocycles. The van der Waals surface area contributed by atoms with Crippen molar-refractivity contribution in [1.82, 2.24) is 5.32 Å². The molecule has 2 rings (SSSR count). The number of hydrogen-bond acceptors (Lipinski definition) is 5. The Morgan fingerprint density at radius 1 is 1.22 bits per heavy atom. The number of anilines is 1. The highest BCUT2D eigenvalue weighted by Crippen LogP contribution is 2.29. The van der Waals surface area contributed by atoms with E-state index < -0.39 is 27.4 Å². The normalized spacial score (nSPS) is 11.1. The molecule has 0 radical (unpaired) electrons. The van der Waals surface area contributed by atoms with Crippen LogP contribution in [-0.2, 0) is 21.4 Å². The van der Waals surface area contributed by atoms with Crippen molar-refractivity contribution >= 4 is 38.9 Å². The smallest absolute Gasteiger partial charge is 0.274 e. The minimum atomic E-state index is -3.85. The van der Waals surface area contributed by atoms with E-state index in [4.69, 9.17) is 11.6 Å². The standard InChI is InChI=1S/C17H18ClN3O5S/c1-12-15(8-5-9-16(12)21(23)24)20(27(2,25)26)11-17(22)19-10-13-6-3-4-7-14(13)18/h3-9H,10-11H2,1-2H3,(H,19,22). The molecule has 0 bridgehead atoms. The van der Waals surface area contributed by atoms with Crippen molar-refractivity contribution in [3.05, 3.63) is 68.7 Å². The van der Waals surface area contributed by atoms with Gasteiger partial charge < -0.3 is 5.32 Å². The fraction of sp³-hybridized carbons (Fsp3) is 0.235. The molecule has 2 aromatic carbocycles. The summed E-state index contributed by atoms with van der Waals surface area (Å²) in [5.41, 5.74) is 0.703. The van der Waals surface area contributed by atoms with Crippen LogP contribution in [0, 0.1) is 17.0 Å². The molecule has 0 saturated carbocycles. The molecule has 27 heavy (non-hydrogen) atoms. The summed E-state index contributed by atoms with van der Waals surface area (Å²) in [5.74, 6) is -0.564. The Morgan fingerprint density at radius 2 is 1.89 bits per heavy atom. The topological polar surface area (TPSA) is 110 Å². The number of sulfonamides is 1. The van der Waals surface area contributed by atoms with Crippen LogP contribution in [0.2, 0.25) is 5.02 Å². The summed E-state index contributed by atoms with van der Waals surface area (Å²) < 4.78 is 25.2. The first-order valence-electron chi connectivity index (χ1n) is 7.83. The lowest BCUT2D eigenvalue weighted by Gasteiger charge is -2.23. The quantitative estimate of drug-likeness (QED) is 0.556. The number of carbonyl (C=O) groups excluding carboxylic acids is 1. The van der Waals surface area contributed by atoms with Crippen molar-refractivity contribution in [1.29, 1.82) is 0 Å². The van der Waals surface area contributed by atoms with E-state index in [1.807, 2.05) is 0 Å². The highest BCUT2D eigenvalue weighted by atomic mass is 35.5. The minimum absolute atomic E-state index is 0.0830. The highest BCUT2D eigenvalue weighted by molar-refractivity contribution is 7.92. The third-order valence-electron chi connectivity index (χ3n) is 3.86. The Bertz CT molecular complexity index is 978. The second-order valence-corrected chi connectivity index (χ2v) is 8.13. The number of nitro benzene ring substituents is 1. The van der Waals surface area contributed by atoms with Gasteiger partial charge in [-0.1, -0.05) is 35.9 Å². The van der Waals surface area contributed by atoms with Gasteiger partial charge in [-0.3, -0.25) is 19.2 Å². The molecule has 1 amide bonds. The maximum absolute atomic E-state index is 12.3. The van der Waals surface area contributed by atoms with E-state index >= 15 is 0 Å². The van der Waals surface area contributed by atoms with Gasteiger partial charge in [0, 0.05) is 17.6 Å². The van der Waals surface area contributed by atoms with Gasteiger partial charge in [-0.25, -0.2) is 8.42 Å². The van der Waals surface area contributed by atoms with Crippen LogP contribution in [0.3, 0.4) is 0 Å². The van der Waals surface area contributed by atoms with Gasteiger partial charge >= 0.3 is 0 Å².